The molecule has 0 fully saturated rings. The Morgan fingerprint density at radius 3 is 2.08 bits per heavy atom. The molecule has 1 heterocycles. The van der Waals surface area contributed by atoms with Crippen LogP contribution in [0.25, 0.3) is 43.8 Å². The Kier molecular flexibility index (Phi) is 5.10. The second-order valence-electron chi connectivity index (χ2n) is 8.94. The zero-order chi connectivity index (χ0) is 24.1. The molecule has 170 valence electrons. The quantitative estimate of drug-likeness (QED) is 0.295. The summed E-state index contributed by atoms with van der Waals surface area (Å²) in [4.78, 5) is 13.3. The molecule has 36 heavy (non-hydrogen) atoms. The van der Waals surface area contributed by atoms with E-state index in [1.165, 1.54) is 40.0 Å². The van der Waals surface area contributed by atoms with Crippen molar-refractivity contribution < 1.29 is 26.0 Å². The van der Waals surface area contributed by atoms with E-state index >= 15 is 0 Å². The molecular weight excluding hydrogens is 553 g/mol. The Hall–Kier alpha value is -3.96. The van der Waals surface area contributed by atoms with Crippen LogP contribution in [-0.4, -0.2) is 5.91 Å². The third kappa shape index (κ3) is 3.42. The summed E-state index contributed by atoms with van der Waals surface area (Å²) in [6.07, 6.45) is 0. The van der Waals surface area contributed by atoms with Gasteiger partial charge in [0.25, 0.3) is 5.91 Å². The largest absolute Gasteiger partial charge is 0.360 e. The second kappa shape index (κ2) is 8.61. The number of carbonyl (C=O) groups is 1. The van der Waals surface area contributed by atoms with Crippen molar-refractivity contribution in [1.29, 1.82) is 0 Å². The Bertz CT molecular complexity index is 1810. The van der Waals surface area contributed by atoms with Crippen LogP contribution >= 0.6 is 0 Å². The van der Waals surface area contributed by atoms with Crippen molar-refractivity contribution in [2.75, 3.05) is 5.32 Å². The maximum Gasteiger partial charge on any atom is 0.360 e. The number of fused-ring (bicyclic) bond motifs is 5. The van der Waals surface area contributed by atoms with Gasteiger partial charge < -0.3 is 5.32 Å². The fourth-order valence-electron chi connectivity index (χ4n) is 5.15. The molecular formula is C33H21INO+. The first-order valence-corrected chi connectivity index (χ1v) is 14.1. The lowest BCUT2D eigenvalue weighted by Crippen LogP contribution is -3.61. The lowest BCUT2D eigenvalue weighted by Gasteiger charge is -2.17. The molecule has 0 radical (unpaired) electrons. The zero-order valence-electron chi connectivity index (χ0n) is 19.3. The van der Waals surface area contributed by atoms with Gasteiger partial charge in [-0.05, 0) is 57.9 Å². The van der Waals surface area contributed by atoms with Crippen LogP contribution in [0.2, 0.25) is 0 Å². The molecule has 0 aliphatic carbocycles. The molecule has 0 aromatic heterocycles. The number of hydrogen-bond acceptors (Lipinski definition) is 1. The smallest absolute Gasteiger partial charge is 0.321 e. The summed E-state index contributed by atoms with van der Waals surface area (Å²) in [5.41, 5.74) is 6.55. The van der Waals surface area contributed by atoms with Crippen LogP contribution < -0.4 is 26.5 Å². The monoisotopic (exact) mass is 574 g/mol. The Morgan fingerprint density at radius 1 is 0.583 bits per heavy atom. The highest BCUT2D eigenvalue weighted by molar-refractivity contribution is 6.15. The number of amides is 1. The molecule has 7 rings (SSSR count). The standard InChI is InChI=1S/C33H20INO/c36-33(22-11-2-1-3-12-22)35-29-19-18-21-10-4-6-14-24(21)30(29)31-25-15-7-5-13-23(25)20-27-26-16-8-9-17-28(26)34-32(27)31/h1-20H/p+1. The zero-order valence-corrected chi connectivity index (χ0v) is 21.5. The minimum Gasteiger partial charge on any atom is -0.321 e. The van der Waals surface area contributed by atoms with Crippen LogP contribution in [0.4, 0.5) is 5.69 Å². The number of nitrogens with one attached hydrogen (secondary N) is 1. The van der Waals surface area contributed by atoms with Gasteiger partial charge in [0.15, 0.2) is 0 Å². The topological polar surface area (TPSA) is 29.1 Å². The normalized spacial score (nSPS) is 11.9. The highest BCUT2D eigenvalue weighted by Crippen LogP contribution is 2.42. The minimum absolute atomic E-state index is 0.0954. The summed E-state index contributed by atoms with van der Waals surface area (Å²) >= 11 is -0.367. The summed E-state index contributed by atoms with van der Waals surface area (Å²) < 4.78 is 2.89. The molecule has 0 spiro atoms. The number of halogens is 1. The van der Waals surface area contributed by atoms with E-state index in [4.69, 9.17) is 0 Å². The summed E-state index contributed by atoms with van der Waals surface area (Å²) in [6.45, 7) is 0. The summed E-state index contributed by atoms with van der Waals surface area (Å²) in [5.74, 6) is -0.0954. The van der Waals surface area contributed by atoms with Gasteiger partial charge in [-0.15, -0.1) is 0 Å². The molecule has 0 bridgehead atoms. The molecule has 1 aliphatic rings. The predicted molar refractivity (Wildman–Crippen MR) is 144 cm³/mol. The van der Waals surface area contributed by atoms with E-state index in [2.05, 4.69) is 96.3 Å². The Morgan fingerprint density at radius 2 is 1.25 bits per heavy atom. The number of anilines is 1. The van der Waals surface area contributed by atoms with E-state index in [0.717, 1.165) is 16.6 Å². The molecule has 0 saturated heterocycles. The van der Waals surface area contributed by atoms with E-state index in [0.29, 0.717) is 5.56 Å². The van der Waals surface area contributed by atoms with E-state index in [1.807, 2.05) is 30.3 Å². The van der Waals surface area contributed by atoms with Gasteiger partial charge in [0.1, 0.15) is 0 Å². The predicted octanol–water partition coefficient (Wildman–Crippen LogP) is 5.02. The first-order chi connectivity index (χ1) is 17.8. The highest BCUT2D eigenvalue weighted by atomic mass is 127. The summed E-state index contributed by atoms with van der Waals surface area (Å²) in [5, 5.41) is 8.04. The number of benzene rings is 6. The van der Waals surface area contributed by atoms with Gasteiger partial charge in [0, 0.05) is 33.5 Å². The van der Waals surface area contributed by atoms with Crippen LogP contribution in [0.15, 0.2) is 121 Å². The third-order valence-corrected chi connectivity index (χ3v) is 9.99. The average molecular weight is 574 g/mol. The van der Waals surface area contributed by atoms with E-state index in [9.17, 15) is 4.79 Å². The Balaban J connectivity index is 1.54. The molecule has 1 N–H and O–H groups in total. The summed E-state index contributed by atoms with van der Waals surface area (Å²) in [7, 11) is 0. The van der Waals surface area contributed by atoms with Crippen molar-refractivity contribution in [3.8, 4) is 22.3 Å². The van der Waals surface area contributed by atoms with E-state index in [1.54, 1.807) is 0 Å². The molecule has 0 unspecified atom stereocenters. The second-order valence-corrected chi connectivity index (χ2v) is 11.7. The van der Waals surface area contributed by atoms with Gasteiger partial charge in [-0.25, -0.2) is 0 Å². The Labute approximate surface area is 219 Å². The van der Waals surface area contributed by atoms with Gasteiger partial charge in [0.2, 0.25) is 7.14 Å². The molecule has 1 amide bonds. The number of rotatable bonds is 3. The SMILES string of the molecule is O=C(Nc1ccc2ccccc2c1-c1c2c(cc3ccccc13)-c1ccccc1[I+]2)c1ccccc1. The number of carbonyl (C=O) groups excluding carboxylic acids is 1. The van der Waals surface area contributed by atoms with Crippen LogP contribution in [-0.2, 0) is 0 Å². The van der Waals surface area contributed by atoms with Crippen LogP contribution in [0, 0.1) is 7.14 Å². The van der Waals surface area contributed by atoms with Crippen molar-refractivity contribution in [2.45, 2.75) is 0 Å². The van der Waals surface area contributed by atoms with Gasteiger partial charge >= 0.3 is 21.2 Å². The van der Waals surface area contributed by atoms with Crippen LogP contribution in [0.5, 0.6) is 0 Å². The lowest BCUT2D eigenvalue weighted by molar-refractivity contribution is -0.588. The molecule has 3 heteroatoms. The van der Waals surface area contributed by atoms with E-state index in [-0.39, 0.29) is 27.1 Å². The maximum absolute atomic E-state index is 13.3. The lowest BCUT2D eigenvalue weighted by atomic mass is 9.89. The fraction of sp³-hybridized carbons (Fsp3) is 0. The summed E-state index contributed by atoms with van der Waals surface area (Å²) in [6, 6.07) is 41.9. The van der Waals surface area contributed by atoms with Gasteiger partial charge in [-0.1, -0.05) is 84.9 Å². The van der Waals surface area contributed by atoms with Crippen molar-refractivity contribution >= 4 is 33.1 Å². The molecule has 2 nitrogen and oxygen atoms in total. The number of hydrogen-bond donors (Lipinski definition) is 1. The molecule has 6 aromatic carbocycles. The molecule has 1 aliphatic heterocycles. The maximum atomic E-state index is 13.3. The first kappa shape index (κ1) is 21.3. The van der Waals surface area contributed by atoms with Crippen LogP contribution in [0.1, 0.15) is 10.4 Å². The van der Waals surface area contributed by atoms with Gasteiger partial charge in [-0.2, -0.15) is 0 Å². The van der Waals surface area contributed by atoms with Crippen molar-refractivity contribution in [2.24, 2.45) is 0 Å². The fourth-order valence-corrected chi connectivity index (χ4v) is 8.45. The van der Waals surface area contributed by atoms with Crippen molar-refractivity contribution in [1.82, 2.24) is 0 Å². The van der Waals surface area contributed by atoms with Gasteiger partial charge in [0.05, 0.1) is 0 Å². The highest BCUT2D eigenvalue weighted by Gasteiger charge is 2.38. The van der Waals surface area contributed by atoms with Crippen LogP contribution in [0.3, 0.4) is 0 Å². The molecule has 0 atom stereocenters. The molecule has 6 aromatic rings. The minimum atomic E-state index is -0.367. The van der Waals surface area contributed by atoms with Crippen molar-refractivity contribution in [3.63, 3.8) is 0 Å². The average Bonchev–Trinajstić information content (AvgIpc) is 3.30. The van der Waals surface area contributed by atoms with Crippen molar-refractivity contribution in [3.05, 3.63) is 134 Å². The van der Waals surface area contributed by atoms with E-state index < -0.39 is 0 Å². The van der Waals surface area contributed by atoms with Gasteiger partial charge in [-0.3, -0.25) is 4.79 Å². The first-order valence-electron chi connectivity index (χ1n) is 12.0. The third-order valence-electron chi connectivity index (χ3n) is 6.81. The molecule has 0 saturated carbocycles.